The predicted molar refractivity (Wildman–Crippen MR) is 76.6 cm³/mol. The second kappa shape index (κ2) is 5.40. The minimum Gasteiger partial charge on any atom is -0.309 e. The van der Waals surface area contributed by atoms with Crippen LogP contribution in [-0.2, 0) is 20.9 Å². The fourth-order valence-electron chi connectivity index (χ4n) is 1.99. The molecule has 0 heterocycles. The molecule has 2 rings (SSSR count). The summed E-state index contributed by atoms with van der Waals surface area (Å²) < 4.78 is 62.9. The standard InChI is InChI=1S/C15H14F3NO2S/c1-14(19,22(20,21)13-5-3-2-4-6-13)11-7-9-12(10-8-11)15(16,17)18/h2-10H,19H2,1H3. The first kappa shape index (κ1) is 16.5. The quantitative estimate of drug-likeness (QED) is 0.940. The van der Waals surface area contributed by atoms with Gasteiger partial charge in [0.25, 0.3) is 0 Å². The van der Waals surface area contributed by atoms with Gasteiger partial charge in [0.15, 0.2) is 0 Å². The third-order valence-corrected chi connectivity index (χ3v) is 5.64. The summed E-state index contributed by atoms with van der Waals surface area (Å²) in [5, 5.41) is 0. The highest BCUT2D eigenvalue weighted by atomic mass is 32.2. The van der Waals surface area contributed by atoms with Gasteiger partial charge in [-0.3, -0.25) is 0 Å². The van der Waals surface area contributed by atoms with Crippen molar-refractivity contribution in [1.29, 1.82) is 0 Å². The Labute approximate surface area is 126 Å². The average molecular weight is 329 g/mol. The lowest BCUT2D eigenvalue weighted by Crippen LogP contribution is -2.41. The SMILES string of the molecule is CC(N)(c1ccc(C(F)(F)F)cc1)S(=O)(=O)c1ccccc1. The maximum Gasteiger partial charge on any atom is 0.416 e. The highest BCUT2D eigenvalue weighted by Gasteiger charge is 2.39. The zero-order valence-electron chi connectivity index (χ0n) is 11.6. The van der Waals surface area contributed by atoms with Crippen LogP contribution in [0.5, 0.6) is 0 Å². The molecule has 22 heavy (non-hydrogen) atoms. The van der Waals surface area contributed by atoms with E-state index in [9.17, 15) is 21.6 Å². The maximum atomic E-state index is 12.6. The van der Waals surface area contributed by atoms with E-state index < -0.39 is 26.4 Å². The van der Waals surface area contributed by atoms with Crippen molar-refractivity contribution in [3.63, 3.8) is 0 Å². The Bertz CT molecular complexity index is 752. The summed E-state index contributed by atoms with van der Waals surface area (Å²) >= 11 is 0. The molecule has 2 N–H and O–H groups in total. The van der Waals surface area contributed by atoms with E-state index in [2.05, 4.69) is 0 Å². The number of hydrogen-bond donors (Lipinski definition) is 1. The zero-order chi connectivity index (χ0) is 16.6. The molecule has 3 nitrogen and oxygen atoms in total. The molecule has 0 aliphatic rings. The van der Waals surface area contributed by atoms with Gasteiger partial charge in [-0.15, -0.1) is 0 Å². The molecule has 0 aliphatic carbocycles. The van der Waals surface area contributed by atoms with E-state index in [0.29, 0.717) is 0 Å². The molecule has 2 aromatic rings. The molecule has 0 spiro atoms. The van der Waals surface area contributed by atoms with Crippen molar-refractivity contribution in [1.82, 2.24) is 0 Å². The van der Waals surface area contributed by atoms with E-state index in [1.54, 1.807) is 18.2 Å². The monoisotopic (exact) mass is 329 g/mol. The molecule has 2 aromatic carbocycles. The molecule has 0 radical (unpaired) electrons. The smallest absolute Gasteiger partial charge is 0.309 e. The summed E-state index contributed by atoms with van der Waals surface area (Å²) in [6.07, 6.45) is -4.48. The molecule has 0 saturated carbocycles. The molecule has 1 atom stereocenters. The Morgan fingerprint density at radius 3 is 1.77 bits per heavy atom. The zero-order valence-corrected chi connectivity index (χ0v) is 12.4. The molecular formula is C15H14F3NO2S. The van der Waals surface area contributed by atoms with Crippen LogP contribution in [0.4, 0.5) is 13.2 Å². The van der Waals surface area contributed by atoms with Crippen LogP contribution in [0, 0.1) is 0 Å². The Hall–Kier alpha value is -1.86. The third kappa shape index (κ3) is 2.86. The summed E-state index contributed by atoms with van der Waals surface area (Å²) in [5.41, 5.74) is 5.17. The van der Waals surface area contributed by atoms with Gasteiger partial charge in [-0.2, -0.15) is 13.2 Å². The van der Waals surface area contributed by atoms with Crippen LogP contribution in [0.1, 0.15) is 18.1 Å². The highest BCUT2D eigenvalue weighted by molar-refractivity contribution is 7.92. The molecule has 1 unspecified atom stereocenters. The van der Waals surface area contributed by atoms with Crippen molar-refractivity contribution in [3.05, 3.63) is 65.7 Å². The van der Waals surface area contributed by atoms with E-state index in [0.717, 1.165) is 24.3 Å². The van der Waals surface area contributed by atoms with Gasteiger partial charge in [-0.25, -0.2) is 8.42 Å². The lowest BCUT2D eigenvalue weighted by molar-refractivity contribution is -0.137. The van der Waals surface area contributed by atoms with Gasteiger partial charge in [0, 0.05) is 0 Å². The van der Waals surface area contributed by atoms with E-state index in [1.807, 2.05) is 0 Å². The van der Waals surface area contributed by atoms with Crippen LogP contribution < -0.4 is 5.73 Å². The van der Waals surface area contributed by atoms with E-state index in [1.165, 1.54) is 19.1 Å². The molecule has 0 aromatic heterocycles. The minimum absolute atomic E-state index is 0.0138. The van der Waals surface area contributed by atoms with Gasteiger partial charge in [0.1, 0.15) is 4.87 Å². The number of alkyl halides is 3. The second-order valence-corrected chi connectivity index (χ2v) is 7.33. The largest absolute Gasteiger partial charge is 0.416 e. The van der Waals surface area contributed by atoms with E-state index in [-0.39, 0.29) is 10.5 Å². The minimum atomic E-state index is -4.48. The van der Waals surface area contributed by atoms with Gasteiger partial charge in [0.2, 0.25) is 9.84 Å². The van der Waals surface area contributed by atoms with Crippen molar-refractivity contribution >= 4 is 9.84 Å². The average Bonchev–Trinajstić information content (AvgIpc) is 2.47. The number of benzene rings is 2. The predicted octanol–water partition coefficient (Wildman–Crippen LogP) is 3.31. The molecule has 0 bridgehead atoms. The molecule has 0 fully saturated rings. The maximum absolute atomic E-state index is 12.6. The van der Waals surface area contributed by atoms with Crippen LogP contribution >= 0.6 is 0 Å². The van der Waals surface area contributed by atoms with Gasteiger partial charge >= 0.3 is 6.18 Å². The van der Waals surface area contributed by atoms with E-state index >= 15 is 0 Å². The van der Waals surface area contributed by atoms with Crippen molar-refractivity contribution in [2.24, 2.45) is 5.73 Å². The first-order valence-corrected chi connectivity index (χ1v) is 7.81. The molecule has 118 valence electrons. The summed E-state index contributed by atoms with van der Waals surface area (Å²) in [5.74, 6) is 0. The van der Waals surface area contributed by atoms with Gasteiger partial charge < -0.3 is 5.73 Å². The lowest BCUT2D eigenvalue weighted by atomic mass is 10.1. The first-order valence-electron chi connectivity index (χ1n) is 6.33. The first-order chi connectivity index (χ1) is 10.1. The highest BCUT2D eigenvalue weighted by Crippen LogP contribution is 2.33. The molecule has 0 saturated heterocycles. The number of rotatable bonds is 3. The fourth-order valence-corrected chi connectivity index (χ4v) is 3.44. The number of halogens is 3. The second-order valence-electron chi connectivity index (χ2n) is 5.00. The van der Waals surface area contributed by atoms with Crippen LogP contribution in [0.2, 0.25) is 0 Å². The summed E-state index contributed by atoms with van der Waals surface area (Å²) in [7, 11) is -3.94. The van der Waals surface area contributed by atoms with Crippen LogP contribution in [0.15, 0.2) is 59.5 Å². The van der Waals surface area contributed by atoms with Crippen molar-refractivity contribution < 1.29 is 21.6 Å². The third-order valence-electron chi connectivity index (χ3n) is 3.40. The van der Waals surface area contributed by atoms with Crippen LogP contribution in [0.3, 0.4) is 0 Å². The van der Waals surface area contributed by atoms with Crippen molar-refractivity contribution in [2.45, 2.75) is 22.9 Å². The van der Waals surface area contributed by atoms with Gasteiger partial charge in [-0.1, -0.05) is 30.3 Å². The Balaban J connectivity index is 2.46. The molecule has 0 aliphatic heterocycles. The molecular weight excluding hydrogens is 315 g/mol. The number of sulfone groups is 1. The Morgan fingerprint density at radius 1 is 0.864 bits per heavy atom. The molecule has 0 amide bonds. The summed E-state index contributed by atoms with van der Waals surface area (Å²) in [6.45, 7) is 1.26. The van der Waals surface area contributed by atoms with Gasteiger partial charge in [0.05, 0.1) is 10.5 Å². The number of nitrogens with two attached hydrogens (primary N) is 1. The number of hydrogen-bond acceptors (Lipinski definition) is 3. The van der Waals surface area contributed by atoms with Crippen molar-refractivity contribution in [2.75, 3.05) is 0 Å². The Kier molecular flexibility index (Phi) is 4.06. The summed E-state index contributed by atoms with van der Waals surface area (Å²) in [6, 6.07) is 11.4. The summed E-state index contributed by atoms with van der Waals surface area (Å²) in [4.78, 5) is -1.82. The van der Waals surface area contributed by atoms with E-state index in [4.69, 9.17) is 5.73 Å². The van der Waals surface area contributed by atoms with Crippen molar-refractivity contribution in [3.8, 4) is 0 Å². The Morgan fingerprint density at radius 2 is 1.32 bits per heavy atom. The van der Waals surface area contributed by atoms with Crippen LogP contribution in [-0.4, -0.2) is 8.42 Å². The van der Waals surface area contributed by atoms with Crippen LogP contribution in [0.25, 0.3) is 0 Å². The fraction of sp³-hybridized carbons (Fsp3) is 0.200. The normalized spacial score (nSPS) is 15.3. The topological polar surface area (TPSA) is 60.2 Å². The van der Waals surface area contributed by atoms with Gasteiger partial charge in [-0.05, 0) is 36.8 Å². The molecule has 7 heteroatoms. The lowest BCUT2D eigenvalue weighted by Gasteiger charge is -2.25.